The summed E-state index contributed by atoms with van der Waals surface area (Å²) in [6, 6.07) is 0. The second-order valence-corrected chi connectivity index (χ2v) is 5.72. The maximum Gasteiger partial charge on any atom is 0.00224 e. The second kappa shape index (κ2) is 5.99. The second-order valence-electron chi connectivity index (χ2n) is 5.72. The van der Waals surface area contributed by atoms with Gasteiger partial charge in [-0.3, -0.25) is 0 Å². The maximum atomic E-state index is 3.31. The average molecular weight is 225 g/mol. The predicted molar refractivity (Wildman–Crippen MR) is 68.7 cm³/mol. The molecular weight excluding hydrogens is 198 g/mol. The minimum absolute atomic E-state index is 0.899. The van der Waals surface area contributed by atoms with Crippen molar-refractivity contribution in [1.29, 1.82) is 0 Å². The molecule has 1 unspecified atom stereocenters. The summed E-state index contributed by atoms with van der Waals surface area (Å²) in [5, 5.41) is 3.31. The van der Waals surface area contributed by atoms with Gasteiger partial charge in [0.1, 0.15) is 0 Å². The molecule has 0 radical (unpaired) electrons. The molecule has 2 saturated heterocycles. The van der Waals surface area contributed by atoms with Crippen LogP contribution < -0.4 is 5.32 Å². The van der Waals surface area contributed by atoms with E-state index in [0.717, 1.165) is 11.8 Å². The van der Waals surface area contributed by atoms with Crippen molar-refractivity contribution in [2.24, 2.45) is 11.8 Å². The quantitative estimate of drug-likeness (QED) is 0.766. The Hall–Kier alpha value is -0.120. The van der Waals surface area contributed by atoms with Gasteiger partial charge in [-0.1, -0.05) is 0 Å². The van der Waals surface area contributed by atoms with Gasteiger partial charge in [0.05, 0.1) is 0 Å². The van der Waals surface area contributed by atoms with Crippen LogP contribution in [0.15, 0.2) is 0 Å². The van der Waals surface area contributed by atoms with Crippen molar-refractivity contribution in [1.82, 2.24) is 15.1 Å². The lowest BCUT2D eigenvalue weighted by Gasteiger charge is -2.31. The molecule has 2 aliphatic heterocycles. The molecule has 2 fully saturated rings. The van der Waals surface area contributed by atoms with Crippen LogP contribution in [0, 0.1) is 11.8 Å². The summed E-state index contributed by atoms with van der Waals surface area (Å²) in [4.78, 5) is 5.16. The van der Waals surface area contributed by atoms with Crippen molar-refractivity contribution >= 4 is 0 Å². The molecule has 2 heterocycles. The molecule has 0 bridgehead atoms. The normalized spacial score (nSPS) is 30.0. The Morgan fingerprint density at radius 2 is 1.75 bits per heavy atom. The zero-order valence-corrected chi connectivity index (χ0v) is 10.9. The first-order valence-electron chi connectivity index (χ1n) is 6.83. The summed E-state index contributed by atoms with van der Waals surface area (Å²) < 4.78 is 0. The van der Waals surface area contributed by atoms with E-state index in [1.807, 2.05) is 0 Å². The molecule has 94 valence electrons. The van der Waals surface area contributed by atoms with Crippen molar-refractivity contribution in [3.05, 3.63) is 0 Å². The zero-order valence-electron chi connectivity index (χ0n) is 10.9. The van der Waals surface area contributed by atoms with Crippen LogP contribution in [0.2, 0.25) is 0 Å². The molecule has 0 saturated carbocycles. The van der Waals surface area contributed by atoms with Gasteiger partial charge in [-0.2, -0.15) is 0 Å². The van der Waals surface area contributed by atoms with Crippen molar-refractivity contribution in [3.8, 4) is 0 Å². The largest absolute Gasteiger partial charge is 0.319 e. The zero-order chi connectivity index (χ0) is 11.4. The maximum absolute atomic E-state index is 3.31. The number of nitrogens with zero attached hydrogens (tertiary/aromatic N) is 2. The smallest absolute Gasteiger partial charge is 0.00224 e. The van der Waals surface area contributed by atoms with Crippen LogP contribution >= 0.6 is 0 Å². The molecule has 2 aliphatic rings. The van der Waals surface area contributed by atoms with Crippen LogP contribution in [0.4, 0.5) is 0 Å². The molecular formula is C13H27N3. The van der Waals surface area contributed by atoms with Gasteiger partial charge >= 0.3 is 0 Å². The number of likely N-dealkylation sites (tertiary alicyclic amines) is 2. The Morgan fingerprint density at radius 3 is 2.44 bits per heavy atom. The summed E-state index contributed by atoms with van der Waals surface area (Å²) >= 11 is 0. The van der Waals surface area contributed by atoms with Gasteiger partial charge in [0.2, 0.25) is 0 Å². The lowest BCUT2D eigenvalue weighted by atomic mass is 9.97. The van der Waals surface area contributed by atoms with Crippen LogP contribution in [0.1, 0.15) is 19.3 Å². The highest BCUT2D eigenvalue weighted by Gasteiger charge is 2.25. The van der Waals surface area contributed by atoms with Crippen molar-refractivity contribution in [2.45, 2.75) is 19.3 Å². The Balaban J connectivity index is 1.67. The Labute approximate surface area is 100 Å². The highest BCUT2D eigenvalue weighted by atomic mass is 15.2. The van der Waals surface area contributed by atoms with Crippen LogP contribution in [0.5, 0.6) is 0 Å². The molecule has 3 heteroatoms. The monoisotopic (exact) mass is 225 g/mol. The standard InChI is InChI=1S/C13H27N3/c1-14-9-13-5-8-16(11-13)10-12-3-6-15(2)7-4-12/h12-14H,3-11H2,1-2H3. The van der Waals surface area contributed by atoms with Crippen molar-refractivity contribution in [3.63, 3.8) is 0 Å². The Morgan fingerprint density at radius 1 is 1.06 bits per heavy atom. The number of nitrogens with one attached hydrogen (secondary N) is 1. The van der Waals surface area contributed by atoms with E-state index in [9.17, 15) is 0 Å². The minimum Gasteiger partial charge on any atom is -0.319 e. The molecule has 0 spiro atoms. The minimum atomic E-state index is 0.899. The van der Waals surface area contributed by atoms with Crippen molar-refractivity contribution in [2.75, 3.05) is 53.4 Å². The highest BCUT2D eigenvalue weighted by Crippen LogP contribution is 2.21. The van der Waals surface area contributed by atoms with Gasteiger partial charge in [0, 0.05) is 13.1 Å². The van der Waals surface area contributed by atoms with E-state index in [1.165, 1.54) is 58.5 Å². The lowest BCUT2D eigenvalue weighted by molar-refractivity contribution is 0.173. The molecule has 0 amide bonds. The van der Waals surface area contributed by atoms with Crippen LogP contribution in [-0.4, -0.2) is 63.2 Å². The molecule has 1 N–H and O–H groups in total. The summed E-state index contributed by atoms with van der Waals surface area (Å²) in [5.74, 6) is 1.86. The van der Waals surface area contributed by atoms with Crippen LogP contribution in [0.25, 0.3) is 0 Å². The van der Waals surface area contributed by atoms with E-state index in [4.69, 9.17) is 0 Å². The first-order valence-corrected chi connectivity index (χ1v) is 6.83. The van der Waals surface area contributed by atoms with E-state index >= 15 is 0 Å². The SMILES string of the molecule is CNCC1CCN(CC2CCN(C)CC2)C1. The molecule has 16 heavy (non-hydrogen) atoms. The lowest BCUT2D eigenvalue weighted by Crippen LogP contribution is -2.36. The molecule has 0 aromatic carbocycles. The van der Waals surface area contributed by atoms with Gasteiger partial charge in [-0.25, -0.2) is 0 Å². The molecule has 0 aromatic rings. The third-order valence-electron chi connectivity index (χ3n) is 4.22. The number of piperidine rings is 1. The molecule has 3 nitrogen and oxygen atoms in total. The summed E-state index contributed by atoms with van der Waals surface area (Å²) in [6.07, 6.45) is 4.21. The average Bonchev–Trinajstić information content (AvgIpc) is 2.70. The van der Waals surface area contributed by atoms with Gasteiger partial charge in [-0.15, -0.1) is 0 Å². The predicted octanol–water partition coefficient (Wildman–Crippen LogP) is 0.870. The topological polar surface area (TPSA) is 18.5 Å². The molecule has 1 atom stereocenters. The van der Waals surface area contributed by atoms with Crippen LogP contribution in [0.3, 0.4) is 0 Å². The van der Waals surface area contributed by atoms with Gasteiger partial charge < -0.3 is 15.1 Å². The third-order valence-corrected chi connectivity index (χ3v) is 4.22. The van der Waals surface area contributed by atoms with Gasteiger partial charge in [0.15, 0.2) is 0 Å². The molecule has 2 rings (SSSR count). The van der Waals surface area contributed by atoms with Crippen molar-refractivity contribution < 1.29 is 0 Å². The highest BCUT2D eigenvalue weighted by molar-refractivity contribution is 4.80. The fraction of sp³-hybridized carbons (Fsp3) is 1.00. The number of rotatable bonds is 4. The molecule has 0 aliphatic carbocycles. The first kappa shape index (κ1) is 12.3. The van der Waals surface area contributed by atoms with E-state index in [2.05, 4.69) is 29.2 Å². The Kier molecular flexibility index (Phi) is 4.62. The van der Waals surface area contributed by atoms with Gasteiger partial charge in [0.25, 0.3) is 0 Å². The van der Waals surface area contributed by atoms with Crippen LogP contribution in [-0.2, 0) is 0 Å². The first-order chi connectivity index (χ1) is 7.78. The fourth-order valence-corrected chi connectivity index (χ4v) is 3.14. The number of hydrogen-bond donors (Lipinski definition) is 1. The fourth-order valence-electron chi connectivity index (χ4n) is 3.14. The van der Waals surface area contributed by atoms with Gasteiger partial charge in [-0.05, 0) is 71.4 Å². The van der Waals surface area contributed by atoms with E-state index < -0.39 is 0 Å². The Bertz CT molecular complexity index is 199. The third kappa shape index (κ3) is 3.44. The summed E-state index contributed by atoms with van der Waals surface area (Å²) in [5.41, 5.74) is 0. The number of hydrogen-bond acceptors (Lipinski definition) is 3. The van der Waals surface area contributed by atoms with E-state index in [1.54, 1.807) is 0 Å². The van der Waals surface area contributed by atoms with E-state index in [0.29, 0.717) is 0 Å². The van der Waals surface area contributed by atoms with E-state index in [-0.39, 0.29) is 0 Å². The summed E-state index contributed by atoms with van der Waals surface area (Å²) in [7, 11) is 4.31. The summed E-state index contributed by atoms with van der Waals surface area (Å²) in [6.45, 7) is 7.82. The molecule has 0 aromatic heterocycles.